The largest absolute Gasteiger partial charge is 0.326 e. The van der Waals surface area contributed by atoms with E-state index in [0.717, 1.165) is 6.04 Å². The molecule has 1 saturated heterocycles. The first kappa shape index (κ1) is 12.3. The van der Waals surface area contributed by atoms with Gasteiger partial charge in [0.25, 0.3) is 0 Å². The molecule has 1 heterocycles. The molecule has 0 bridgehead atoms. The van der Waals surface area contributed by atoms with Gasteiger partial charge in [0.15, 0.2) is 0 Å². The number of likely N-dealkylation sites (N-methyl/N-ethyl adjacent to an activating group) is 1. The minimum absolute atomic E-state index is 0.334. The molecule has 3 nitrogen and oxygen atoms in total. The Morgan fingerprint density at radius 1 is 1.25 bits per heavy atom. The summed E-state index contributed by atoms with van der Waals surface area (Å²) < 4.78 is 0. The van der Waals surface area contributed by atoms with Crippen molar-refractivity contribution in [2.45, 2.75) is 51.2 Å². The van der Waals surface area contributed by atoms with Gasteiger partial charge in [0.1, 0.15) is 0 Å². The van der Waals surface area contributed by atoms with Crippen LogP contribution < -0.4 is 5.73 Å². The Morgan fingerprint density at radius 3 is 2.38 bits per heavy atom. The molecule has 0 aromatic heterocycles. The summed E-state index contributed by atoms with van der Waals surface area (Å²) in [7, 11) is 4.37. The van der Waals surface area contributed by atoms with Crippen molar-refractivity contribution in [2.24, 2.45) is 11.1 Å². The molecule has 16 heavy (non-hydrogen) atoms. The third-order valence-corrected chi connectivity index (χ3v) is 4.80. The van der Waals surface area contributed by atoms with Gasteiger partial charge < -0.3 is 10.6 Å². The van der Waals surface area contributed by atoms with E-state index in [1.165, 1.54) is 32.4 Å². The zero-order valence-electron chi connectivity index (χ0n) is 11.2. The highest BCUT2D eigenvalue weighted by molar-refractivity contribution is 5.01. The fourth-order valence-corrected chi connectivity index (χ4v) is 3.29. The van der Waals surface area contributed by atoms with Crippen LogP contribution in [0.1, 0.15) is 33.1 Å². The summed E-state index contributed by atoms with van der Waals surface area (Å²) in [4.78, 5) is 4.98. The third-order valence-electron chi connectivity index (χ3n) is 4.80. The van der Waals surface area contributed by atoms with E-state index in [-0.39, 0.29) is 0 Å². The lowest BCUT2D eigenvalue weighted by Crippen LogP contribution is -2.49. The van der Waals surface area contributed by atoms with Crippen LogP contribution in [0, 0.1) is 5.41 Å². The standard InChI is InChI=1S/C13H27N3/c1-13(2)7-5-11(12(13)14)16-8-6-10(9-16)15(3)4/h10-12H,5-9,14H2,1-4H3. The van der Waals surface area contributed by atoms with Crippen LogP contribution in [0.3, 0.4) is 0 Å². The summed E-state index contributed by atoms with van der Waals surface area (Å²) in [5, 5.41) is 0. The van der Waals surface area contributed by atoms with Gasteiger partial charge in [0, 0.05) is 31.2 Å². The summed E-state index contributed by atoms with van der Waals surface area (Å²) >= 11 is 0. The lowest BCUT2D eigenvalue weighted by molar-refractivity contribution is 0.182. The summed E-state index contributed by atoms with van der Waals surface area (Å²) in [5.41, 5.74) is 6.74. The highest BCUT2D eigenvalue weighted by Crippen LogP contribution is 2.39. The Balaban J connectivity index is 1.96. The molecule has 94 valence electrons. The van der Waals surface area contributed by atoms with E-state index in [2.05, 4.69) is 37.7 Å². The van der Waals surface area contributed by atoms with E-state index in [1.54, 1.807) is 0 Å². The molecular weight excluding hydrogens is 198 g/mol. The number of hydrogen-bond acceptors (Lipinski definition) is 3. The molecule has 3 heteroatoms. The minimum atomic E-state index is 0.334. The number of rotatable bonds is 2. The average molecular weight is 225 g/mol. The lowest BCUT2D eigenvalue weighted by Gasteiger charge is -2.32. The zero-order valence-corrected chi connectivity index (χ0v) is 11.2. The summed E-state index contributed by atoms with van der Waals surface area (Å²) in [5.74, 6) is 0. The van der Waals surface area contributed by atoms with Crippen LogP contribution in [-0.2, 0) is 0 Å². The van der Waals surface area contributed by atoms with Crippen molar-refractivity contribution in [3.63, 3.8) is 0 Å². The van der Waals surface area contributed by atoms with E-state index >= 15 is 0 Å². The second kappa shape index (κ2) is 4.28. The Bertz CT molecular complexity index is 250. The van der Waals surface area contributed by atoms with Gasteiger partial charge in [-0.15, -0.1) is 0 Å². The van der Waals surface area contributed by atoms with Crippen LogP contribution in [0.25, 0.3) is 0 Å². The predicted octanol–water partition coefficient (Wildman–Crippen LogP) is 1.14. The third kappa shape index (κ3) is 2.13. The fraction of sp³-hybridized carbons (Fsp3) is 1.00. The Kier molecular flexibility index (Phi) is 3.30. The molecule has 0 radical (unpaired) electrons. The highest BCUT2D eigenvalue weighted by Gasteiger charge is 2.43. The van der Waals surface area contributed by atoms with Crippen molar-refractivity contribution in [1.29, 1.82) is 0 Å². The van der Waals surface area contributed by atoms with Gasteiger partial charge >= 0.3 is 0 Å². The van der Waals surface area contributed by atoms with Crippen LogP contribution in [-0.4, -0.2) is 55.1 Å². The average Bonchev–Trinajstić information content (AvgIpc) is 2.74. The summed E-state index contributed by atoms with van der Waals surface area (Å²) in [6.07, 6.45) is 3.87. The topological polar surface area (TPSA) is 32.5 Å². The number of likely N-dealkylation sites (tertiary alicyclic amines) is 1. The molecule has 0 spiro atoms. The predicted molar refractivity (Wildman–Crippen MR) is 68.4 cm³/mol. The molecule has 0 aromatic rings. The number of nitrogens with two attached hydrogens (primary N) is 1. The van der Waals surface area contributed by atoms with Gasteiger partial charge in [0.05, 0.1) is 0 Å². The van der Waals surface area contributed by atoms with Crippen molar-refractivity contribution >= 4 is 0 Å². The van der Waals surface area contributed by atoms with E-state index in [0.29, 0.717) is 17.5 Å². The van der Waals surface area contributed by atoms with Gasteiger partial charge in [-0.05, 0) is 38.8 Å². The van der Waals surface area contributed by atoms with Crippen molar-refractivity contribution < 1.29 is 0 Å². The molecule has 2 fully saturated rings. The molecule has 2 rings (SSSR count). The first-order valence-electron chi connectivity index (χ1n) is 6.58. The van der Waals surface area contributed by atoms with E-state index in [1.807, 2.05) is 0 Å². The Labute approximate surface area is 100.0 Å². The van der Waals surface area contributed by atoms with Gasteiger partial charge in [-0.25, -0.2) is 0 Å². The maximum Gasteiger partial charge on any atom is 0.0253 e. The summed E-state index contributed by atoms with van der Waals surface area (Å²) in [6, 6.07) is 1.71. The Hall–Kier alpha value is -0.120. The first-order valence-corrected chi connectivity index (χ1v) is 6.58. The van der Waals surface area contributed by atoms with Crippen LogP contribution >= 0.6 is 0 Å². The van der Waals surface area contributed by atoms with Crippen LogP contribution in [0.5, 0.6) is 0 Å². The maximum atomic E-state index is 6.40. The van der Waals surface area contributed by atoms with Crippen LogP contribution in [0.2, 0.25) is 0 Å². The molecule has 2 N–H and O–H groups in total. The lowest BCUT2D eigenvalue weighted by atomic mass is 9.87. The van der Waals surface area contributed by atoms with Crippen molar-refractivity contribution in [1.82, 2.24) is 9.80 Å². The van der Waals surface area contributed by atoms with E-state index in [9.17, 15) is 0 Å². The Morgan fingerprint density at radius 2 is 1.94 bits per heavy atom. The van der Waals surface area contributed by atoms with E-state index in [4.69, 9.17) is 5.73 Å². The number of hydrogen-bond donors (Lipinski definition) is 1. The van der Waals surface area contributed by atoms with Gasteiger partial charge in [-0.2, -0.15) is 0 Å². The minimum Gasteiger partial charge on any atom is -0.326 e. The van der Waals surface area contributed by atoms with Crippen molar-refractivity contribution in [3.05, 3.63) is 0 Å². The monoisotopic (exact) mass is 225 g/mol. The summed E-state index contributed by atoms with van der Waals surface area (Å²) in [6.45, 7) is 7.08. The molecule has 2 aliphatic rings. The molecule has 0 aromatic carbocycles. The smallest absolute Gasteiger partial charge is 0.0253 e. The maximum absolute atomic E-state index is 6.40. The van der Waals surface area contributed by atoms with Gasteiger partial charge in [-0.3, -0.25) is 4.90 Å². The zero-order chi connectivity index (χ0) is 11.9. The first-order chi connectivity index (χ1) is 7.42. The second-order valence-corrected chi connectivity index (χ2v) is 6.52. The highest BCUT2D eigenvalue weighted by atomic mass is 15.3. The van der Waals surface area contributed by atoms with Crippen molar-refractivity contribution in [2.75, 3.05) is 27.2 Å². The van der Waals surface area contributed by atoms with Gasteiger partial charge in [-0.1, -0.05) is 13.8 Å². The van der Waals surface area contributed by atoms with Crippen LogP contribution in [0.4, 0.5) is 0 Å². The molecule has 1 aliphatic carbocycles. The normalized spacial score (nSPS) is 39.8. The quantitative estimate of drug-likeness (QED) is 0.765. The SMILES string of the molecule is CN(C)C1CCN(C2CCC(C)(C)C2N)C1. The van der Waals surface area contributed by atoms with E-state index < -0.39 is 0 Å². The molecule has 3 unspecified atom stereocenters. The molecule has 0 amide bonds. The second-order valence-electron chi connectivity index (χ2n) is 6.52. The molecule has 3 atom stereocenters. The molecular formula is C13H27N3. The van der Waals surface area contributed by atoms with Gasteiger partial charge in [0.2, 0.25) is 0 Å². The fourth-order valence-electron chi connectivity index (χ4n) is 3.29. The van der Waals surface area contributed by atoms with Crippen molar-refractivity contribution in [3.8, 4) is 0 Å². The molecule has 1 saturated carbocycles. The van der Waals surface area contributed by atoms with Crippen LogP contribution in [0.15, 0.2) is 0 Å². The number of nitrogens with zero attached hydrogens (tertiary/aromatic N) is 2. The molecule has 1 aliphatic heterocycles.